The number of aliphatic carboxylic acids is 2. The summed E-state index contributed by atoms with van der Waals surface area (Å²) in [5.41, 5.74) is 0. The average molecular weight is 227 g/mol. The zero-order chi connectivity index (χ0) is 8.15. The molecule has 2 N–H and O–H groups in total. The van der Waals surface area contributed by atoms with Crippen LogP contribution in [0.5, 0.6) is 0 Å². The summed E-state index contributed by atoms with van der Waals surface area (Å²) in [6.07, 6.45) is 0. The summed E-state index contributed by atoms with van der Waals surface area (Å²) in [5.74, 6) is -2.05. The standard InChI is InChI=1S/C5H9NO4.Fe.Na.H/c1-6(2-4(7)8)3-5(9)10;;;/h2-3H2,1H3,(H,7,8)(H,9,10);;;/q;;+1;-1. The molecule has 0 aromatic carbocycles. The first-order valence-corrected chi connectivity index (χ1v) is 2.64. The fourth-order valence-corrected chi connectivity index (χ4v) is 0.518. The van der Waals surface area contributed by atoms with Gasteiger partial charge in [-0.15, -0.1) is 0 Å². The normalized spacial score (nSPS) is 8.17. The molecule has 7 heteroatoms. The number of carboxylic acid groups (broad SMARTS) is 2. The summed E-state index contributed by atoms with van der Waals surface area (Å²) in [4.78, 5) is 21.1. The van der Waals surface area contributed by atoms with Crippen LogP contribution in [0.15, 0.2) is 0 Å². The first-order valence-electron chi connectivity index (χ1n) is 2.64. The van der Waals surface area contributed by atoms with E-state index in [0.29, 0.717) is 0 Å². The van der Waals surface area contributed by atoms with Gasteiger partial charge in [-0.25, -0.2) is 0 Å². The summed E-state index contributed by atoms with van der Waals surface area (Å²) in [6, 6.07) is 0. The van der Waals surface area contributed by atoms with Gasteiger partial charge in [0.25, 0.3) is 0 Å². The molecule has 0 aliphatic heterocycles. The molecular formula is C5H10FeNNaO4. The van der Waals surface area contributed by atoms with Crippen molar-refractivity contribution >= 4 is 11.9 Å². The van der Waals surface area contributed by atoms with Gasteiger partial charge in [-0.2, -0.15) is 0 Å². The second-order valence-electron chi connectivity index (χ2n) is 1.96. The first-order chi connectivity index (χ1) is 4.52. The summed E-state index contributed by atoms with van der Waals surface area (Å²) in [5, 5.41) is 16.3. The molecule has 0 bridgehead atoms. The van der Waals surface area contributed by atoms with E-state index in [9.17, 15) is 9.59 Å². The zero-order valence-corrected chi connectivity index (χ0v) is 10.0. The average Bonchev–Trinajstić information content (AvgIpc) is 1.58. The topological polar surface area (TPSA) is 77.8 Å². The minimum absolute atomic E-state index is 0. The zero-order valence-electron chi connectivity index (χ0n) is 7.93. The van der Waals surface area contributed by atoms with Crippen LogP contribution in [0, 0.1) is 0 Å². The second-order valence-corrected chi connectivity index (χ2v) is 1.96. The third-order valence-electron chi connectivity index (χ3n) is 0.810. The van der Waals surface area contributed by atoms with E-state index >= 15 is 0 Å². The monoisotopic (exact) mass is 227 g/mol. The van der Waals surface area contributed by atoms with Gasteiger partial charge in [0.15, 0.2) is 0 Å². The molecule has 0 saturated heterocycles. The van der Waals surface area contributed by atoms with Crippen molar-refractivity contribution in [1.82, 2.24) is 4.90 Å². The Balaban J connectivity index is -0.000000135. The van der Waals surface area contributed by atoms with Gasteiger partial charge in [0.1, 0.15) is 0 Å². The van der Waals surface area contributed by atoms with Crippen molar-refractivity contribution < 1.29 is 67.9 Å². The van der Waals surface area contributed by atoms with Gasteiger partial charge in [-0.1, -0.05) is 0 Å². The largest absolute Gasteiger partial charge is 1.00 e. The molecule has 0 heterocycles. The van der Waals surface area contributed by atoms with Gasteiger partial charge in [-0.05, 0) is 7.05 Å². The van der Waals surface area contributed by atoms with E-state index in [1.165, 1.54) is 11.9 Å². The third-order valence-corrected chi connectivity index (χ3v) is 0.810. The molecule has 0 aliphatic carbocycles. The van der Waals surface area contributed by atoms with E-state index in [-0.39, 0.29) is 61.1 Å². The molecule has 0 saturated carbocycles. The van der Waals surface area contributed by atoms with Gasteiger partial charge < -0.3 is 11.6 Å². The number of nitrogens with zero attached hydrogens (tertiary/aromatic N) is 1. The smallest absolute Gasteiger partial charge is 1.00 e. The van der Waals surface area contributed by atoms with Gasteiger partial charge in [0, 0.05) is 17.1 Å². The van der Waals surface area contributed by atoms with Crippen molar-refractivity contribution in [3.63, 3.8) is 0 Å². The number of hydrogen-bond donors (Lipinski definition) is 2. The van der Waals surface area contributed by atoms with Crippen LogP contribution in [-0.4, -0.2) is 47.2 Å². The molecule has 68 valence electrons. The molecule has 0 aromatic heterocycles. The molecule has 12 heavy (non-hydrogen) atoms. The minimum Gasteiger partial charge on any atom is -1.00 e. The fourth-order valence-electron chi connectivity index (χ4n) is 0.518. The number of likely N-dealkylation sites (N-methyl/N-ethyl adjacent to an activating group) is 1. The maximum Gasteiger partial charge on any atom is 1.00 e. The van der Waals surface area contributed by atoms with E-state index in [4.69, 9.17) is 10.2 Å². The Morgan fingerprint density at radius 2 is 1.50 bits per heavy atom. The molecule has 0 radical (unpaired) electrons. The molecule has 5 nitrogen and oxygen atoms in total. The van der Waals surface area contributed by atoms with Gasteiger partial charge in [0.05, 0.1) is 13.1 Å². The number of hydrogen-bond acceptors (Lipinski definition) is 3. The van der Waals surface area contributed by atoms with E-state index in [2.05, 4.69) is 0 Å². The van der Waals surface area contributed by atoms with Crippen LogP contribution in [-0.2, 0) is 26.7 Å². The van der Waals surface area contributed by atoms with E-state index in [1.54, 1.807) is 0 Å². The van der Waals surface area contributed by atoms with Gasteiger partial charge in [-0.3, -0.25) is 14.5 Å². The van der Waals surface area contributed by atoms with Crippen LogP contribution in [0.4, 0.5) is 0 Å². The van der Waals surface area contributed by atoms with Crippen molar-refractivity contribution in [2.45, 2.75) is 0 Å². The Kier molecular flexibility index (Phi) is 14.5. The van der Waals surface area contributed by atoms with Crippen molar-refractivity contribution in [3.8, 4) is 0 Å². The maximum absolute atomic E-state index is 9.96. The van der Waals surface area contributed by atoms with E-state index in [1.807, 2.05) is 0 Å². The van der Waals surface area contributed by atoms with Gasteiger partial charge >= 0.3 is 41.5 Å². The Labute approximate surface area is 104 Å². The Bertz CT molecular complexity index is 143. The van der Waals surface area contributed by atoms with Crippen LogP contribution < -0.4 is 29.6 Å². The molecular weight excluding hydrogens is 217 g/mol. The predicted molar refractivity (Wildman–Crippen MR) is 33.9 cm³/mol. The molecule has 0 amide bonds. The van der Waals surface area contributed by atoms with Crippen LogP contribution in [0.3, 0.4) is 0 Å². The number of carbonyl (C=O) groups is 2. The molecule has 0 fully saturated rings. The molecule has 0 spiro atoms. The number of rotatable bonds is 4. The van der Waals surface area contributed by atoms with Crippen molar-refractivity contribution in [2.24, 2.45) is 0 Å². The van der Waals surface area contributed by atoms with Gasteiger partial charge in [0.2, 0.25) is 0 Å². The van der Waals surface area contributed by atoms with Crippen molar-refractivity contribution in [1.29, 1.82) is 0 Å². The van der Waals surface area contributed by atoms with E-state index in [0.717, 1.165) is 0 Å². The summed E-state index contributed by atoms with van der Waals surface area (Å²) < 4.78 is 0. The Morgan fingerprint density at radius 3 is 1.67 bits per heavy atom. The minimum atomic E-state index is -1.02. The first kappa shape index (κ1) is 18.3. The summed E-state index contributed by atoms with van der Waals surface area (Å²) in [7, 11) is 1.43. The third kappa shape index (κ3) is 13.0. The molecule has 0 unspecified atom stereocenters. The van der Waals surface area contributed by atoms with Crippen LogP contribution in [0.25, 0.3) is 0 Å². The van der Waals surface area contributed by atoms with E-state index < -0.39 is 11.9 Å². The molecule has 0 aliphatic rings. The van der Waals surface area contributed by atoms with Crippen LogP contribution in [0.2, 0.25) is 0 Å². The van der Waals surface area contributed by atoms with Crippen LogP contribution >= 0.6 is 0 Å². The second kappa shape index (κ2) is 9.51. The van der Waals surface area contributed by atoms with Crippen molar-refractivity contribution in [2.75, 3.05) is 20.1 Å². The van der Waals surface area contributed by atoms with Crippen molar-refractivity contribution in [3.05, 3.63) is 0 Å². The van der Waals surface area contributed by atoms with Crippen LogP contribution in [0.1, 0.15) is 1.43 Å². The summed E-state index contributed by atoms with van der Waals surface area (Å²) in [6.45, 7) is -0.488. The summed E-state index contributed by atoms with van der Waals surface area (Å²) >= 11 is 0. The molecule has 0 aromatic rings. The number of carboxylic acids is 2. The fraction of sp³-hybridized carbons (Fsp3) is 0.600. The Hall–Kier alpha value is 0.419. The maximum atomic E-state index is 9.96. The Morgan fingerprint density at radius 1 is 1.25 bits per heavy atom. The predicted octanol–water partition coefficient (Wildman–Crippen LogP) is -3.80. The molecule has 0 atom stereocenters. The quantitative estimate of drug-likeness (QED) is 0.481. The molecule has 0 rings (SSSR count). The SMILES string of the molecule is CN(CC(=O)O)CC(=O)O.[Fe].[H-].[Na+].